The highest BCUT2D eigenvalue weighted by molar-refractivity contribution is 7.10. The highest BCUT2D eigenvalue weighted by atomic mass is 35.5. The van der Waals surface area contributed by atoms with E-state index >= 15 is 0 Å². The molecule has 1 N–H and O–H groups in total. The predicted molar refractivity (Wildman–Crippen MR) is 54.2 cm³/mol. The van der Waals surface area contributed by atoms with Gasteiger partial charge in [0.15, 0.2) is 0 Å². The average Bonchev–Trinajstić information content (AvgIpc) is 2.54. The van der Waals surface area contributed by atoms with Crippen LogP contribution < -0.4 is 5.32 Å². The van der Waals surface area contributed by atoms with E-state index in [9.17, 15) is 0 Å². The number of halogens is 1. The van der Waals surface area contributed by atoms with Gasteiger partial charge in [0.25, 0.3) is 0 Å². The third kappa shape index (κ3) is 1.82. The summed E-state index contributed by atoms with van der Waals surface area (Å²) in [6.07, 6.45) is 2.60. The Morgan fingerprint density at radius 3 is 3.08 bits per heavy atom. The van der Waals surface area contributed by atoms with Crippen LogP contribution in [0.5, 0.6) is 0 Å². The van der Waals surface area contributed by atoms with E-state index in [0.717, 1.165) is 11.6 Å². The molecule has 2 rings (SSSR count). The van der Waals surface area contributed by atoms with Gasteiger partial charge in [0.1, 0.15) is 0 Å². The van der Waals surface area contributed by atoms with Crippen molar-refractivity contribution in [2.24, 2.45) is 0 Å². The predicted octanol–water partition coefficient (Wildman–Crippen LogP) is 2.87. The summed E-state index contributed by atoms with van der Waals surface area (Å²) in [5.74, 6) is 0.705. The lowest BCUT2D eigenvalue weighted by Gasteiger charge is -2.21. The summed E-state index contributed by atoms with van der Waals surface area (Å²) in [5, 5.41) is 6.31. The standard InChI is InChI=1S/C9H12ClNS/c10-8-4-9(12-6-8)7-2-1-3-11-5-7/h4,6-7,11H,1-3,5H2. The molecule has 0 saturated carbocycles. The van der Waals surface area contributed by atoms with Crippen molar-refractivity contribution in [3.05, 3.63) is 21.3 Å². The molecular formula is C9H12ClNS. The summed E-state index contributed by atoms with van der Waals surface area (Å²) < 4.78 is 0. The molecule has 0 aliphatic carbocycles. The molecule has 1 aromatic heterocycles. The molecule has 2 heterocycles. The SMILES string of the molecule is Clc1csc(C2CCCNC2)c1. The first-order chi connectivity index (χ1) is 5.86. The summed E-state index contributed by atoms with van der Waals surface area (Å²) in [4.78, 5) is 1.44. The Bertz CT molecular complexity index is 253. The maximum absolute atomic E-state index is 5.87. The van der Waals surface area contributed by atoms with Gasteiger partial charge in [0.2, 0.25) is 0 Å². The molecule has 0 bridgehead atoms. The van der Waals surface area contributed by atoms with Crippen molar-refractivity contribution in [1.82, 2.24) is 5.32 Å². The van der Waals surface area contributed by atoms with Crippen LogP contribution in [0.2, 0.25) is 5.02 Å². The van der Waals surface area contributed by atoms with E-state index in [0.29, 0.717) is 5.92 Å². The Hall–Kier alpha value is -0.0500. The highest BCUT2D eigenvalue weighted by Gasteiger charge is 2.16. The molecule has 1 atom stereocenters. The molecular weight excluding hydrogens is 190 g/mol. The Morgan fingerprint density at radius 1 is 1.58 bits per heavy atom. The van der Waals surface area contributed by atoms with Gasteiger partial charge < -0.3 is 5.32 Å². The Balaban J connectivity index is 2.08. The second kappa shape index (κ2) is 3.77. The molecule has 1 unspecified atom stereocenters. The van der Waals surface area contributed by atoms with Gasteiger partial charge >= 0.3 is 0 Å². The van der Waals surface area contributed by atoms with Crippen LogP contribution in [0.1, 0.15) is 23.6 Å². The number of rotatable bonds is 1. The molecule has 0 radical (unpaired) electrons. The molecule has 1 aromatic rings. The fourth-order valence-corrected chi connectivity index (χ4v) is 2.86. The van der Waals surface area contributed by atoms with Crippen LogP contribution in [0.25, 0.3) is 0 Å². The molecule has 12 heavy (non-hydrogen) atoms. The van der Waals surface area contributed by atoms with Crippen LogP contribution in [0.4, 0.5) is 0 Å². The van der Waals surface area contributed by atoms with Crippen molar-refractivity contribution in [1.29, 1.82) is 0 Å². The quantitative estimate of drug-likeness (QED) is 0.737. The number of nitrogens with one attached hydrogen (secondary N) is 1. The van der Waals surface area contributed by atoms with Gasteiger partial charge in [0, 0.05) is 22.7 Å². The number of hydrogen-bond acceptors (Lipinski definition) is 2. The van der Waals surface area contributed by atoms with Gasteiger partial charge in [-0.25, -0.2) is 0 Å². The first kappa shape index (κ1) is 8.54. The van der Waals surface area contributed by atoms with Crippen LogP contribution in [0, 0.1) is 0 Å². The van der Waals surface area contributed by atoms with Crippen molar-refractivity contribution < 1.29 is 0 Å². The van der Waals surface area contributed by atoms with E-state index in [2.05, 4.69) is 11.4 Å². The topological polar surface area (TPSA) is 12.0 Å². The lowest BCUT2D eigenvalue weighted by molar-refractivity contribution is 0.466. The second-order valence-corrected chi connectivity index (χ2v) is 4.59. The highest BCUT2D eigenvalue weighted by Crippen LogP contribution is 2.30. The van der Waals surface area contributed by atoms with Gasteiger partial charge in [-0.15, -0.1) is 11.3 Å². The van der Waals surface area contributed by atoms with Crippen LogP contribution in [-0.4, -0.2) is 13.1 Å². The van der Waals surface area contributed by atoms with Gasteiger partial charge in [-0.3, -0.25) is 0 Å². The zero-order valence-electron chi connectivity index (χ0n) is 6.85. The van der Waals surface area contributed by atoms with E-state index in [1.807, 2.05) is 5.38 Å². The fourth-order valence-electron chi connectivity index (χ4n) is 1.64. The van der Waals surface area contributed by atoms with Crippen LogP contribution in [0.15, 0.2) is 11.4 Å². The van der Waals surface area contributed by atoms with E-state index in [1.165, 1.54) is 24.3 Å². The summed E-state index contributed by atoms with van der Waals surface area (Å²) in [7, 11) is 0. The molecule has 1 aliphatic rings. The van der Waals surface area contributed by atoms with E-state index in [1.54, 1.807) is 11.3 Å². The summed E-state index contributed by atoms with van der Waals surface area (Å²) in [5.41, 5.74) is 0. The number of hydrogen-bond donors (Lipinski definition) is 1. The molecule has 1 nitrogen and oxygen atoms in total. The minimum absolute atomic E-state index is 0.705. The van der Waals surface area contributed by atoms with Gasteiger partial charge in [-0.2, -0.15) is 0 Å². The molecule has 1 fully saturated rings. The third-order valence-corrected chi connectivity index (χ3v) is 3.73. The first-order valence-corrected chi connectivity index (χ1v) is 5.56. The molecule has 0 amide bonds. The van der Waals surface area contributed by atoms with Crippen LogP contribution >= 0.6 is 22.9 Å². The molecule has 3 heteroatoms. The lowest BCUT2D eigenvalue weighted by atomic mass is 9.98. The Labute approximate surface area is 81.7 Å². The van der Waals surface area contributed by atoms with E-state index in [-0.39, 0.29) is 0 Å². The Morgan fingerprint density at radius 2 is 2.50 bits per heavy atom. The molecule has 1 saturated heterocycles. The van der Waals surface area contributed by atoms with Crippen molar-refractivity contribution >= 4 is 22.9 Å². The third-order valence-electron chi connectivity index (χ3n) is 2.29. The molecule has 66 valence electrons. The number of piperidine rings is 1. The largest absolute Gasteiger partial charge is 0.316 e. The van der Waals surface area contributed by atoms with Gasteiger partial charge in [0.05, 0.1) is 5.02 Å². The zero-order chi connectivity index (χ0) is 8.39. The molecule has 1 aliphatic heterocycles. The van der Waals surface area contributed by atoms with Crippen LogP contribution in [-0.2, 0) is 0 Å². The molecule has 0 aromatic carbocycles. The smallest absolute Gasteiger partial charge is 0.0515 e. The van der Waals surface area contributed by atoms with Gasteiger partial charge in [-0.05, 0) is 25.5 Å². The number of thiophene rings is 1. The monoisotopic (exact) mass is 201 g/mol. The zero-order valence-corrected chi connectivity index (χ0v) is 8.42. The minimum Gasteiger partial charge on any atom is -0.316 e. The van der Waals surface area contributed by atoms with Gasteiger partial charge in [-0.1, -0.05) is 11.6 Å². The Kier molecular flexibility index (Phi) is 2.69. The minimum atomic E-state index is 0.705. The van der Waals surface area contributed by atoms with E-state index in [4.69, 9.17) is 11.6 Å². The lowest BCUT2D eigenvalue weighted by Crippen LogP contribution is -2.27. The second-order valence-electron chi connectivity index (χ2n) is 3.21. The maximum Gasteiger partial charge on any atom is 0.0515 e. The first-order valence-electron chi connectivity index (χ1n) is 4.31. The average molecular weight is 202 g/mol. The van der Waals surface area contributed by atoms with Crippen molar-refractivity contribution in [2.45, 2.75) is 18.8 Å². The summed E-state index contributed by atoms with van der Waals surface area (Å²) >= 11 is 7.65. The normalized spacial score (nSPS) is 24.2. The van der Waals surface area contributed by atoms with E-state index < -0.39 is 0 Å². The molecule has 0 spiro atoms. The van der Waals surface area contributed by atoms with Crippen molar-refractivity contribution in [2.75, 3.05) is 13.1 Å². The van der Waals surface area contributed by atoms with Crippen LogP contribution in [0.3, 0.4) is 0 Å². The maximum atomic E-state index is 5.87. The summed E-state index contributed by atoms with van der Waals surface area (Å²) in [6.45, 7) is 2.30. The van der Waals surface area contributed by atoms with Crippen molar-refractivity contribution in [3.63, 3.8) is 0 Å². The summed E-state index contributed by atoms with van der Waals surface area (Å²) in [6, 6.07) is 2.10. The van der Waals surface area contributed by atoms with Crippen molar-refractivity contribution in [3.8, 4) is 0 Å². The fraction of sp³-hybridized carbons (Fsp3) is 0.556.